The third-order valence-corrected chi connectivity index (χ3v) is 5.40. The fourth-order valence-corrected chi connectivity index (χ4v) is 3.94. The van der Waals surface area contributed by atoms with Crippen molar-refractivity contribution in [2.75, 3.05) is 44.7 Å². The summed E-state index contributed by atoms with van der Waals surface area (Å²) in [6, 6.07) is 7.63. The zero-order chi connectivity index (χ0) is 18.7. The molecule has 1 aromatic rings. The molecule has 2 amide bonds. The van der Waals surface area contributed by atoms with Crippen LogP contribution in [0, 0.1) is 6.92 Å². The Morgan fingerprint density at radius 3 is 2.62 bits per heavy atom. The van der Waals surface area contributed by atoms with Gasteiger partial charge in [0.15, 0.2) is 0 Å². The number of carboxylic acid groups (broad SMARTS) is 1. The van der Waals surface area contributed by atoms with Crippen LogP contribution in [0.4, 0.5) is 10.5 Å². The molecule has 2 saturated heterocycles. The number of aliphatic carboxylic acids is 1. The summed E-state index contributed by atoms with van der Waals surface area (Å²) in [5, 5.41) is 12.2. The first-order valence-electron chi connectivity index (χ1n) is 9.25. The maximum absolute atomic E-state index is 12.6. The molecule has 26 heavy (non-hydrogen) atoms. The van der Waals surface area contributed by atoms with Crippen molar-refractivity contribution in [3.05, 3.63) is 29.8 Å². The van der Waals surface area contributed by atoms with Gasteiger partial charge in [-0.1, -0.05) is 18.2 Å². The predicted octanol–water partition coefficient (Wildman–Crippen LogP) is 1.37. The molecular weight excluding hydrogens is 332 g/mol. The number of urea groups is 1. The van der Waals surface area contributed by atoms with Crippen LogP contribution in [-0.2, 0) is 4.79 Å². The molecule has 2 heterocycles. The van der Waals surface area contributed by atoms with Crippen molar-refractivity contribution in [2.45, 2.75) is 31.8 Å². The van der Waals surface area contributed by atoms with E-state index in [0.717, 1.165) is 26.1 Å². The van der Waals surface area contributed by atoms with E-state index in [2.05, 4.69) is 29.3 Å². The summed E-state index contributed by atoms with van der Waals surface area (Å²) < 4.78 is 0. The van der Waals surface area contributed by atoms with E-state index >= 15 is 0 Å². The molecule has 2 aliphatic heterocycles. The molecule has 0 saturated carbocycles. The summed E-state index contributed by atoms with van der Waals surface area (Å²) in [4.78, 5) is 29.8. The number of benzene rings is 1. The van der Waals surface area contributed by atoms with Crippen molar-refractivity contribution >= 4 is 17.7 Å². The Morgan fingerprint density at radius 1 is 1.15 bits per heavy atom. The fraction of sp³-hybridized carbons (Fsp3) is 0.579. The molecule has 2 atom stereocenters. The fourth-order valence-electron chi connectivity index (χ4n) is 3.94. The molecule has 142 valence electrons. The monoisotopic (exact) mass is 360 g/mol. The van der Waals surface area contributed by atoms with Crippen LogP contribution < -0.4 is 10.2 Å². The van der Waals surface area contributed by atoms with Crippen LogP contribution in [0.15, 0.2) is 24.3 Å². The van der Waals surface area contributed by atoms with Gasteiger partial charge in [0.25, 0.3) is 0 Å². The quantitative estimate of drug-likeness (QED) is 0.852. The lowest BCUT2D eigenvalue weighted by molar-refractivity contribution is -0.141. The van der Waals surface area contributed by atoms with E-state index in [1.807, 2.05) is 17.0 Å². The highest BCUT2D eigenvalue weighted by Crippen LogP contribution is 2.21. The number of hydrogen-bond acceptors (Lipinski definition) is 4. The molecule has 7 nitrogen and oxygen atoms in total. The van der Waals surface area contributed by atoms with Crippen LogP contribution in [0.25, 0.3) is 0 Å². The first kappa shape index (κ1) is 18.5. The van der Waals surface area contributed by atoms with Crippen LogP contribution >= 0.6 is 0 Å². The van der Waals surface area contributed by atoms with Crippen LogP contribution in [0.2, 0.25) is 0 Å². The maximum atomic E-state index is 12.6. The molecule has 0 aliphatic carbocycles. The standard InChI is InChI=1S/C19H28N4O3/c1-14-6-3-4-7-16(14)22-8-5-9-23(11-10-22)19(26)20-15-12-17(18(24)25)21(2)13-15/h3-4,6-7,15,17H,5,8-13H2,1-2H3,(H,20,26)(H,24,25)/t15-,17+/m1/s1. The number of nitrogens with zero attached hydrogens (tertiary/aromatic N) is 3. The lowest BCUT2D eigenvalue weighted by Gasteiger charge is -2.26. The van der Waals surface area contributed by atoms with E-state index in [4.69, 9.17) is 0 Å². The number of aryl methyl sites for hydroxylation is 1. The number of rotatable bonds is 3. The van der Waals surface area contributed by atoms with Crippen molar-refractivity contribution < 1.29 is 14.7 Å². The predicted molar refractivity (Wildman–Crippen MR) is 101 cm³/mol. The summed E-state index contributed by atoms with van der Waals surface area (Å²) in [7, 11) is 1.79. The number of likely N-dealkylation sites (N-methyl/N-ethyl adjacent to an activating group) is 1. The van der Waals surface area contributed by atoms with Crippen LogP contribution in [-0.4, -0.2) is 78.8 Å². The van der Waals surface area contributed by atoms with E-state index in [1.54, 1.807) is 11.9 Å². The summed E-state index contributed by atoms with van der Waals surface area (Å²) in [6.45, 7) is 5.82. The Bertz CT molecular complexity index is 666. The van der Waals surface area contributed by atoms with E-state index in [9.17, 15) is 14.7 Å². The molecule has 0 radical (unpaired) electrons. The Balaban J connectivity index is 1.55. The Hall–Kier alpha value is -2.28. The van der Waals surface area contributed by atoms with Crippen molar-refractivity contribution in [3.63, 3.8) is 0 Å². The molecule has 3 rings (SSSR count). The lowest BCUT2D eigenvalue weighted by Crippen LogP contribution is -2.46. The van der Waals surface area contributed by atoms with Gasteiger partial charge >= 0.3 is 12.0 Å². The Labute approximate surface area is 154 Å². The minimum Gasteiger partial charge on any atom is -0.480 e. The highest BCUT2D eigenvalue weighted by molar-refractivity contribution is 5.76. The molecule has 0 unspecified atom stereocenters. The Kier molecular flexibility index (Phi) is 5.66. The first-order chi connectivity index (χ1) is 12.5. The molecule has 2 fully saturated rings. The molecular formula is C19H28N4O3. The van der Waals surface area contributed by atoms with Gasteiger partial charge in [0, 0.05) is 44.5 Å². The maximum Gasteiger partial charge on any atom is 0.320 e. The second-order valence-electron chi connectivity index (χ2n) is 7.29. The van der Waals surface area contributed by atoms with Gasteiger partial charge in [0.1, 0.15) is 6.04 Å². The largest absolute Gasteiger partial charge is 0.480 e. The van der Waals surface area contributed by atoms with Gasteiger partial charge in [0.05, 0.1) is 0 Å². The molecule has 0 aromatic heterocycles. The normalized spacial score (nSPS) is 24.4. The minimum absolute atomic E-state index is 0.0823. The number of amides is 2. The number of nitrogens with one attached hydrogen (secondary N) is 1. The van der Waals surface area contributed by atoms with Gasteiger partial charge in [-0.2, -0.15) is 0 Å². The second-order valence-corrected chi connectivity index (χ2v) is 7.29. The smallest absolute Gasteiger partial charge is 0.320 e. The summed E-state index contributed by atoms with van der Waals surface area (Å²) in [6.07, 6.45) is 1.38. The van der Waals surface area contributed by atoms with E-state index < -0.39 is 12.0 Å². The lowest BCUT2D eigenvalue weighted by atomic mass is 10.2. The topological polar surface area (TPSA) is 76.1 Å². The van der Waals surface area contributed by atoms with Crippen LogP contribution in [0.3, 0.4) is 0 Å². The number of hydrogen-bond donors (Lipinski definition) is 2. The summed E-state index contributed by atoms with van der Waals surface area (Å²) >= 11 is 0. The number of para-hydroxylation sites is 1. The van der Waals surface area contributed by atoms with Gasteiger partial charge in [-0.15, -0.1) is 0 Å². The zero-order valence-electron chi connectivity index (χ0n) is 15.5. The van der Waals surface area contributed by atoms with Crippen LogP contribution in [0.1, 0.15) is 18.4 Å². The molecule has 1 aromatic carbocycles. The number of anilines is 1. The SMILES string of the molecule is Cc1ccccc1N1CCCN(C(=O)N[C@@H]2C[C@@H](C(=O)O)N(C)C2)CC1. The van der Waals surface area contributed by atoms with Gasteiger partial charge in [0.2, 0.25) is 0 Å². The molecule has 0 bridgehead atoms. The summed E-state index contributed by atoms with van der Waals surface area (Å²) in [5.41, 5.74) is 2.48. The van der Waals surface area contributed by atoms with Gasteiger partial charge in [-0.3, -0.25) is 9.69 Å². The van der Waals surface area contributed by atoms with E-state index in [-0.39, 0.29) is 12.1 Å². The van der Waals surface area contributed by atoms with Crippen molar-refractivity contribution in [2.24, 2.45) is 0 Å². The van der Waals surface area contributed by atoms with Crippen LogP contribution in [0.5, 0.6) is 0 Å². The highest BCUT2D eigenvalue weighted by atomic mass is 16.4. The minimum atomic E-state index is -0.826. The van der Waals surface area contributed by atoms with Crippen molar-refractivity contribution in [1.29, 1.82) is 0 Å². The zero-order valence-corrected chi connectivity index (χ0v) is 15.5. The number of likely N-dealkylation sites (tertiary alicyclic amines) is 1. The molecule has 0 spiro atoms. The number of carboxylic acids is 1. The molecule has 2 N–H and O–H groups in total. The van der Waals surface area contributed by atoms with Crippen molar-refractivity contribution in [1.82, 2.24) is 15.1 Å². The van der Waals surface area contributed by atoms with E-state index in [1.165, 1.54) is 11.3 Å². The third kappa shape index (κ3) is 4.09. The molecule has 7 heteroatoms. The molecule has 2 aliphatic rings. The van der Waals surface area contributed by atoms with E-state index in [0.29, 0.717) is 19.5 Å². The number of carbonyl (C=O) groups is 2. The third-order valence-electron chi connectivity index (χ3n) is 5.40. The highest BCUT2D eigenvalue weighted by Gasteiger charge is 2.35. The van der Waals surface area contributed by atoms with Gasteiger partial charge in [-0.05, 0) is 38.4 Å². The number of carbonyl (C=O) groups excluding carboxylic acids is 1. The van der Waals surface area contributed by atoms with Crippen molar-refractivity contribution in [3.8, 4) is 0 Å². The average Bonchev–Trinajstić information content (AvgIpc) is 2.81. The Morgan fingerprint density at radius 2 is 1.92 bits per heavy atom. The summed E-state index contributed by atoms with van der Waals surface area (Å²) in [5.74, 6) is -0.826. The first-order valence-corrected chi connectivity index (χ1v) is 9.25. The van der Waals surface area contributed by atoms with Gasteiger partial charge in [-0.25, -0.2) is 4.79 Å². The van der Waals surface area contributed by atoms with Gasteiger partial charge < -0.3 is 20.2 Å². The average molecular weight is 360 g/mol. The second kappa shape index (κ2) is 7.95.